The second kappa shape index (κ2) is 4.30. The number of alkyl halides is 1. The summed E-state index contributed by atoms with van der Waals surface area (Å²) in [5.74, 6) is 0.660. The van der Waals surface area contributed by atoms with E-state index in [9.17, 15) is 8.76 Å². The molecule has 0 bridgehead atoms. The van der Waals surface area contributed by atoms with Gasteiger partial charge in [0.1, 0.15) is 0 Å². The monoisotopic (exact) mass is 155 g/mol. The van der Waals surface area contributed by atoms with Crippen molar-refractivity contribution in [3.63, 3.8) is 0 Å². The van der Waals surface area contributed by atoms with Crippen LogP contribution in [0.4, 0.5) is 0 Å². The summed E-state index contributed by atoms with van der Waals surface area (Å²) in [7, 11) is 0. The summed E-state index contributed by atoms with van der Waals surface area (Å²) in [4.78, 5) is 0. The number of halogens is 1. The lowest BCUT2D eigenvalue weighted by Gasteiger charge is -2.08. The molecule has 50 valence electrons. The van der Waals surface area contributed by atoms with Gasteiger partial charge >= 0.3 is 0 Å². The van der Waals surface area contributed by atoms with Gasteiger partial charge in [0.05, 0.1) is 0 Å². The SMILES string of the molecule is CC(CCl)CS(=O)[O-]. The highest BCUT2D eigenvalue weighted by Crippen LogP contribution is 1.97. The van der Waals surface area contributed by atoms with E-state index < -0.39 is 11.1 Å². The van der Waals surface area contributed by atoms with Gasteiger partial charge in [-0.2, -0.15) is 0 Å². The lowest BCUT2D eigenvalue weighted by molar-refractivity contribution is 0.527. The van der Waals surface area contributed by atoms with Crippen molar-refractivity contribution in [3.05, 3.63) is 0 Å². The summed E-state index contributed by atoms with van der Waals surface area (Å²) < 4.78 is 19.8. The van der Waals surface area contributed by atoms with Gasteiger partial charge in [0.15, 0.2) is 0 Å². The molecule has 0 amide bonds. The van der Waals surface area contributed by atoms with E-state index in [0.717, 1.165) is 0 Å². The third kappa shape index (κ3) is 4.56. The standard InChI is InChI=1S/C4H9ClO2S/c1-4(2-5)3-8(6)7/h4H,2-3H2,1H3,(H,6,7)/p-1. The van der Waals surface area contributed by atoms with Gasteiger partial charge in [-0.1, -0.05) is 18.0 Å². The fourth-order valence-corrected chi connectivity index (χ4v) is 1.10. The molecule has 0 aromatic carbocycles. The van der Waals surface area contributed by atoms with Crippen LogP contribution >= 0.6 is 11.6 Å². The molecule has 0 radical (unpaired) electrons. The Labute approximate surface area is 56.5 Å². The van der Waals surface area contributed by atoms with E-state index in [1.807, 2.05) is 0 Å². The van der Waals surface area contributed by atoms with Gasteiger partial charge in [-0.3, -0.25) is 4.21 Å². The van der Waals surface area contributed by atoms with Crippen molar-refractivity contribution in [2.45, 2.75) is 6.92 Å². The molecule has 0 fully saturated rings. The van der Waals surface area contributed by atoms with E-state index >= 15 is 0 Å². The molecule has 0 aliphatic rings. The van der Waals surface area contributed by atoms with Gasteiger partial charge in [0.2, 0.25) is 0 Å². The van der Waals surface area contributed by atoms with Gasteiger partial charge in [0, 0.05) is 11.6 Å². The lowest BCUT2D eigenvalue weighted by atomic mass is 10.3. The minimum atomic E-state index is -1.93. The number of hydrogen-bond donors (Lipinski definition) is 0. The van der Waals surface area contributed by atoms with Crippen LogP contribution in [0.1, 0.15) is 6.92 Å². The third-order valence-electron chi connectivity index (χ3n) is 0.684. The molecule has 4 heteroatoms. The van der Waals surface area contributed by atoms with Gasteiger partial charge in [0.25, 0.3) is 0 Å². The first kappa shape index (κ1) is 8.40. The molecule has 0 spiro atoms. The predicted octanol–water partition coefficient (Wildman–Crippen LogP) is 0.740. The molecule has 2 nitrogen and oxygen atoms in total. The minimum absolute atomic E-state index is 0.0787. The number of rotatable bonds is 3. The molecule has 0 saturated heterocycles. The van der Waals surface area contributed by atoms with Crippen LogP contribution in [0.2, 0.25) is 0 Å². The molecule has 2 atom stereocenters. The van der Waals surface area contributed by atoms with Crippen LogP contribution < -0.4 is 0 Å². The van der Waals surface area contributed by atoms with E-state index in [-0.39, 0.29) is 11.7 Å². The molecule has 0 rings (SSSR count). The Balaban J connectivity index is 3.24. The van der Waals surface area contributed by atoms with E-state index in [2.05, 4.69) is 0 Å². The largest absolute Gasteiger partial charge is 0.772 e. The summed E-state index contributed by atoms with van der Waals surface area (Å²) in [6.07, 6.45) is 0. The Kier molecular flexibility index (Phi) is 4.51. The van der Waals surface area contributed by atoms with Crippen molar-refractivity contribution >= 4 is 22.7 Å². The van der Waals surface area contributed by atoms with E-state index in [0.29, 0.717) is 5.88 Å². The Morgan fingerprint density at radius 2 is 2.38 bits per heavy atom. The van der Waals surface area contributed by atoms with Crippen molar-refractivity contribution in [3.8, 4) is 0 Å². The molecule has 0 aromatic heterocycles. The molecule has 0 saturated carbocycles. The van der Waals surface area contributed by atoms with Crippen LogP contribution in [-0.4, -0.2) is 20.4 Å². The van der Waals surface area contributed by atoms with Crippen LogP contribution in [0.3, 0.4) is 0 Å². The van der Waals surface area contributed by atoms with E-state index in [1.165, 1.54) is 0 Å². The first-order valence-corrected chi connectivity index (χ1v) is 4.06. The van der Waals surface area contributed by atoms with Crippen molar-refractivity contribution in [2.24, 2.45) is 5.92 Å². The summed E-state index contributed by atoms with van der Waals surface area (Å²) in [6, 6.07) is 0. The topological polar surface area (TPSA) is 40.1 Å². The zero-order valence-corrected chi connectivity index (χ0v) is 6.17. The summed E-state index contributed by atoms with van der Waals surface area (Å²) >= 11 is 3.39. The van der Waals surface area contributed by atoms with Crippen LogP contribution in [0, 0.1) is 5.92 Å². The first-order valence-electron chi connectivity index (χ1n) is 2.28. The molecule has 0 N–H and O–H groups in total. The Morgan fingerprint density at radius 3 is 2.50 bits per heavy atom. The second-order valence-corrected chi connectivity index (χ2v) is 2.98. The predicted molar refractivity (Wildman–Crippen MR) is 33.7 cm³/mol. The zero-order chi connectivity index (χ0) is 6.57. The fraction of sp³-hybridized carbons (Fsp3) is 1.00. The van der Waals surface area contributed by atoms with Gasteiger partial charge < -0.3 is 4.55 Å². The maximum Gasteiger partial charge on any atom is 0.0257 e. The normalized spacial score (nSPS) is 17.9. The van der Waals surface area contributed by atoms with Crippen molar-refractivity contribution in [1.29, 1.82) is 0 Å². The second-order valence-electron chi connectivity index (χ2n) is 1.73. The van der Waals surface area contributed by atoms with Crippen LogP contribution in [-0.2, 0) is 11.1 Å². The Hall–Kier alpha value is 0.400. The Morgan fingerprint density at radius 1 is 1.88 bits per heavy atom. The van der Waals surface area contributed by atoms with Gasteiger partial charge in [-0.25, -0.2) is 0 Å². The smallest absolute Gasteiger partial charge is 0.0257 e. The molecular weight excluding hydrogens is 148 g/mol. The maximum atomic E-state index is 9.91. The van der Waals surface area contributed by atoms with Crippen molar-refractivity contribution in [2.75, 3.05) is 11.6 Å². The van der Waals surface area contributed by atoms with E-state index in [1.54, 1.807) is 6.92 Å². The lowest BCUT2D eigenvalue weighted by Crippen LogP contribution is -2.07. The van der Waals surface area contributed by atoms with Crippen molar-refractivity contribution < 1.29 is 8.76 Å². The summed E-state index contributed by atoms with van der Waals surface area (Å²) in [5, 5.41) is 0. The highest BCUT2D eigenvalue weighted by Gasteiger charge is 1.97. The molecule has 0 heterocycles. The Bertz CT molecular complexity index is 86.1. The summed E-state index contributed by atoms with van der Waals surface area (Å²) in [6.45, 7) is 1.79. The van der Waals surface area contributed by atoms with Crippen LogP contribution in [0.5, 0.6) is 0 Å². The minimum Gasteiger partial charge on any atom is -0.772 e. The third-order valence-corrected chi connectivity index (χ3v) is 2.05. The molecule has 2 unspecified atom stereocenters. The van der Waals surface area contributed by atoms with Crippen LogP contribution in [0.15, 0.2) is 0 Å². The maximum absolute atomic E-state index is 9.91. The quantitative estimate of drug-likeness (QED) is 0.446. The molecule has 0 aliphatic heterocycles. The van der Waals surface area contributed by atoms with Gasteiger partial charge in [-0.15, -0.1) is 11.6 Å². The summed E-state index contributed by atoms with van der Waals surface area (Å²) in [5.41, 5.74) is 0. The molecule has 8 heavy (non-hydrogen) atoms. The average Bonchev–Trinajstić information content (AvgIpc) is 1.65. The first-order chi connectivity index (χ1) is 3.66. The highest BCUT2D eigenvalue weighted by atomic mass is 35.5. The number of hydrogen-bond acceptors (Lipinski definition) is 2. The highest BCUT2D eigenvalue weighted by molar-refractivity contribution is 7.79. The van der Waals surface area contributed by atoms with Crippen molar-refractivity contribution in [1.82, 2.24) is 0 Å². The van der Waals surface area contributed by atoms with E-state index in [4.69, 9.17) is 11.6 Å². The van der Waals surface area contributed by atoms with Gasteiger partial charge in [-0.05, 0) is 5.92 Å². The molecular formula is C4H8ClO2S-. The van der Waals surface area contributed by atoms with Crippen LogP contribution in [0.25, 0.3) is 0 Å². The zero-order valence-electron chi connectivity index (χ0n) is 4.59. The average molecular weight is 156 g/mol. The fourth-order valence-electron chi connectivity index (χ4n) is 0.277. The molecule has 0 aliphatic carbocycles. The molecule has 0 aromatic rings.